The molecule has 1 saturated heterocycles. The van der Waals surface area contributed by atoms with Gasteiger partial charge in [-0.15, -0.1) is 24.0 Å². The summed E-state index contributed by atoms with van der Waals surface area (Å²) in [6, 6.07) is 7.31. The number of guanidine groups is 1. The molecule has 1 N–H and O–H groups in total. The first-order chi connectivity index (χ1) is 14.2. The zero-order valence-electron chi connectivity index (χ0n) is 17.5. The van der Waals surface area contributed by atoms with E-state index < -0.39 is 0 Å². The van der Waals surface area contributed by atoms with Crippen molar-refractivity contribution in [3.8, 4) is 5.88 Å². The number of aliphatic imine (C=N–C) groups is 1. The summed E-state index contributed by atoms with van der Waals surface area (Å²) in [5, 5.41) is 3.34. The molecule has 164 valence electrons. The van der Waals surface area contributed by atoms with Crippen LogP contribution in [0, 0.1) is 0 Å². The zero-order chi connectivity index (χ0) is 20.5. The molecule has 0 bridgehead atoms. The van der Waals surface area contributed by atoms with Gasteiger partial charge in [-0.25, -0.2) is 9.98 Å². The molecule has 0 radical (unpaired) electrons. The number of amides is 1. The Morgan fingerprint density at radius 3 is 2.57 bits per heavy atom. The molecule has 1 fully saturated rings. The molecule has 0 saturated carbocycles. The minimum absolute atomic E-state index is 0. The van der Waals surface area contributed by atoms with Crippen LogP contribution in [-0.2, 0) is 6.54 Å². The monoisotopic (exact) mass is 527 g/mol. The number of rotatable bonds is 7. The number of pyridine rings is 1. The number of hydrogen-bond acceptors (Lipinski definition) is 5. The lowest BCUT2D eigenvalue weighted by molar-refractivity contribution is 0.0657. The van der Waals surface area contributed by atoms with Gasteiger partial charge >= 0.3 is 0 Å². The molecule has 9 heteroatoms. The Labute approximate surface area is 194 Å². The summed E-state index contributed by atoms with van der Waals surface area (Å²) in [6.07, 6.45) is 4.29. The van der Waals surface area contributed by atoms with Gasteiger partial charge in [0.25, 0.3) is 5.91 Å². The molecule has 0 aliphatic carbocycles. The summed E-state index contributed by atoms with van der Waals surface area (Å²) in [4.78, 5) is 25.5. The molecule has 3 heterocycles. The first-order valence-electron chi connectivity index (χ1n) is 10.1. The summed E-state index contributed by atoms with van der Waals surface area (Å²) in [5.74, 6) is 1.82. The van der Waals surface area contributed by atoms with Gasteiger partial charge < -0.3 is 24.3 Å². The van der Waals surface area contributed by atoms with Gasteiger partial charge in [0.15, 0.2) is 11.7 Å². The maximum absolute atomic E-state index is 12.4. The summed E-state index contributed by atoms with van der Waals surface area (Å²) in [6.45, 7) is 8.82. The fourth-order valence-electron chi connectivity index (χ4n) is 3.07. The molecule has 0 unspecified atom stereocenters. The third kappa shape index (κ3) is 6.61. The van der Waals surface area contributed by atoms with Gasteiger partial charge in [-0.3, -0.25) is 4.79 Å². The van der Waals surface area contributed by atoms with Crippen molar-refractivity contribution < 1.29 is 13.9 Å². The highest BCUT2D eigenvalue weighted by Crippen LogP contribution is 2.11. The van der Waals surface area contributed by atoms with Crippen LogP contribution in [0.5, 0.6) is 5.88 Å². The first kappa shape index (κ1) is 24.0. The second-order valence-electron chi connectivity index (χ2n) is 6.78. The minimum Gasteiger partial charge on any atom is -0.478 e. The van der Waals surface area contributed by atoms with Crippen LogP contribution in [0.3, 0.4) is 0 Å². The standard InChI is InChI=1S/C21H29N5O3.HI/c1-3-13-29-19-8-7-17(15-23-19)16-24-21(22-4-2)26-11-9-25(10-12-26)20(27)18-6-5-14-28-18;/h5-8,14-15H,3-4,9-13,16H2,1-2H3,(H,22,24);1H. The SMILES string of the molecule is CCCOc1ccc(CN=C(NCC)N2CCN(C(=O)c3ccco3)CC2)cn1.I. The van der Waals surface area contributed by atoms with E-state index >= 15 is 0 Å². The number of nitrogens with zero attached hydrogens (tertiary/aromatic N) is 4. The number of nitrogens with one attached hydrogen (secondary N) is 1. The van der Waals surface area contributed by atoms with Crippen LogP contribution < -0.4 is 10.1 Å². The van der Waals surface area contributed by atoms with Crippen molar-refractivity contribution in [3.63, 3.8) is 0 Å². The molecule has 3 rings (SSSR count). The van der Waals surface area contributed by atoms with Crippen LogP contribution in [0.15, 0.2) is 46.1 Å². The lowest BCUT2D eigenvalue weighted by atomic mass is 10.3. The van der Waals surface area contributed by atoms with Crippen LogP contribution in [0.1, 0.15) is 36.4 Å². The average molecular weight is 527 g/mol. The maximum atomic E-state index is 12.4. The van der Waals surface area contributed by atoms with Crippen LogP contribution >= 0.6 is 24.0 Å². The number of ether oxygens (including phenoxy) is 1. The molecule has 2 aromatic heterocycles. The Bertz CT molecular complexity index is 787. The van der Waals surface area contributed by atoms with E-state index in [1.807, 2.05) is 24.0 Å². The number of furan rings is 1. The highest BCUT2D eigenvalue weighted by molar-refractivity contribution is 14.0. The van der Waals surface area contributed by atoms with Crippen molar-refractivity contribution in [2.75, 3.05) is 39.3 Å². The molecule has 1 amide bonds. The van der Waals surface area contributed by atoms with Crippen LogP contribution in [0.2, 0.25) is 0 Å². The molecule has 0 atom stereocenters. The highest BCUT2D eigenvalue weighted by atomic mass is 127. The summed E-state index contributed by atoms with van der Waals surface area (Å²) < 4.78 is 10.7. The summed E-state index contributed by atoms with van der Waals surface area (Å²) in [7, 11) is 0. The van der Waals surface area contributed by atoms with Gasteiger partial charge in [-0.2, -0.15) is 0 Å². The van der Waals surface area contributed by atoms with Crippen molar-refractivity contribution >= 4 is 35.8 Å². The average Bonchev–Trinajstić information content (AvgIpc) is 3.30. The van der Waals surface area contributed by atoms with E-state index in [-0.39, 0.29) is 29.9 Å². The van der Waals surface area contributed by atoms with Crippen LogP contribution in [0.4, 0.5) is 0 Å². The Hall–Kier alpha value is -2.30. The third-order valence-corrected chi connectivity index (χ3v) is 4.60. The normalized spacial score (nSPS) is 14.3. The molecule has 8 nitrogen and oxygen atoms in total. The summed E-state index contributed by atoms with van der Waals surface area (Å²) >= 11 is 0. The molecule has 2 aromatic rings. The summed E-state index contributed by atoms with van der Waals surface area (Å²) in [5.41, 5.74) is 1.02. The fraction of sp³-hybridized carbons (Fsp3) is 0.476. The number of aromatic nitrogens is 1. The van der Waals surface area contributed by atoms with E-state index in [0.717, 1.165) is 37.6 Å². The lowest BCUT2D eigenvalue weighted by Gasteiger charge is -2.36. The molecular formula is C21H30IN5O3. The molecular weight excluding hydrogens is 497 g/mol. The van der Waals surface area contributed by atoms with Gasteiger partial charge in [-0.1, -0.05) is 13.0 Å². The Morgan fingerprint density at radius 1 is 1.20 bits per heavy atom. The number of halogens is 1. The van der Waals surface area contributed by atoms with E-state index in [1.165, 1.54) is 6.26 Å². The van der Waals surface area contributed by atoms with Crippen LogP contribution in [0.25, 0.3) is 0 Å². The largest absolute Gasteiger partial charge is 0.478 e. The second-order valence-corrected chi connectivity index (χ2v) is 6.78. The van der Waals surface area contributed by atoms with Gasteiger partial charge in [0.1, 0.15) is 0 Å². The van der Waals surface area contributed by atoms with Gasteiger partial charge in [0, 0.05) is 45.0 Å². The van der Waals surface area contributed by atoms with Gasteiger partial charge in [-0.05, 0) is 31.0 Å². The highest BCUT2D eigenvalue weighted by Gasteiger charge is 2.25. The molecule has 0 spiro atoms. The molecule has 30 heavy (non-hydrogen) atoms. The quantitative estimate of drug-likeness (QED) is 0.339. The second kappa shape index (κ2) is 12.4. The molecule has 0 aromatic carbocycles. The molecule has 1 aliphatic rings. The van der Waals surface area contributed by atoms with Gasteiger partial charge in [0.05, 0.1) is 19.4 Å². The van der Waals surface area contributed by atoms with Gasteiger partial charge in [0.2, 0.25) is 5.88 Å². The Balaban J connectivity index is 0.00000320. The Morgan fingerprint density at radius 2 is 1.97 bits per heavy atom. The predicted molar refractivity (Wildman–Crippen MR) is 126 cm³/mol. The van der Waals surface area contributed by atoms with Crippen molar-refractivity contribution in [1.29, 1.82) is 0 Å². The Kier molecular flexibility index (Phi) is 9.92. The van der Waals surface area contributed by atoms with Crippen molar-refractivity contribution in [2.24, 2.45) is 4.99 Å². The fourth-order valence-corrected chi connectivity index (χ4v) is 3.07. The minimum atomic E-state index is -0.0620. The third-order valence-electron chi connectivity index (χ3n) is 4.60. The first-order valence-corrected chi connectivity index (χ1v) is 10.1. The van der Waals surface area contributed by atoms with Crippen LogP contribution in [-0.4, -0.2) is 66.0 Å². The number of carbonyl (C=O) groups is 1. The molecule has 1 aliphatic heterocycles. The van der Waals surface area contributed by atoms with E-state index in [2.05, 4.69) is 22.1 Å². The smallest absolute Gasteiger partial charge is 0.289 e. The topological polar surface area (TPSA) is 83.2 Å². The van der Waals surface area contributed by atoms with E-state index in [9.17, 15) is 4.79 Å². The maximum Gasteiger partial charge on any atom is 0.289 e. The van der Waals surface area contributed by atoms with Crippen molar-refractivity contribution in [2.45, 2.75) is 26.8 Å². The lowest BCUT2D eigenvalue weighted by Crippen LogP contribution is -2.53. The van der Waals surface area contributed by atoms with E-state index in [4.69, 9.17) is 14.1 Å². The van der Waals surface area contributed by atoms with E-state index in [1.54, 1.807) is 18.3 Å². The van der Waals surface area contributed by atoms with Crippen molar-refractivity contribution in [1.82, 2.24) is 20.1 Å². The zero-order valence-corrected chi connectivity index (χ0v) is 19.9. The number of hydrogen-bond donors (Lipinski definition) is 1. The number of piperazine rings is 1. The van der Waals surface area contributed by atoms with Crippen molar-refractivity contribution in [3.05, 3.63) is 48.0 Å². The van der Waals surface area contributed by atoms with E-state index in [0.29, 0.717) is 37.9 Å². The number of carbonyl (C=O) groups excluding carboxylic acids is 1. The predicted octanol–water partition coefficient (Wildman–Crippen LogP) is 3.00.